The highest BCUT2D eigenvalue weighted by atomic mass is 16.3. The second-order valence-corrected chi connectivity index (χ2v) is 4.07. The van der Waals surface area contributed by atoms with E-state index in [0.29, 0.717) is 6.54 Å². The van der Waals surface area contributed by atoms with Crippen molar-refractivity contribution in [1.29, 1.82) is 0 Å². The van der Waals surface area contributed by atoms with Crippen LogP contribution in [0.5, 0.6) is 5.75 Å². The Hall–Kier alpha value is -2.07. The molecule has 0 aliphatic rings. The molecule has 0 saturated carbocycles. The lowest BCUT2D eigenvalue weighted by atomic mass is 10.1. The molecule has 0 amide bonds. The molecular formula is C13H13N3O. The van der Waals surface area contributed by atoms with Crippen molar-refractivity contribution in [3.05, 3.63) is 42.4 Å². The van der Waals surface area contributed by atoms with Crippen molar-refractivity contribution in [3.8, 4) is 5.75 Å². The maximum atomic E-state index is 9.45. The Morgan fingerprint density at radius 3 is 3.00 bits per heavy atom. The summed E-state index contributed by atoms with van der Waals surface area (Å²) in [5.74, 6) is 0.274. The molecule has 17 heavy (non-hydrogen) atoms. The minimum absolute atomic E-state index is 0.274. The molecule has 3 rings (SSSR count). The molecule has 4 heteroatoms. The molecule has 86 valence electrons. The zero-order valence-electron chi connectivity index (χ0n) is 9.30. The Bertz CT molecular complexity index is 688. The van der Waals surface area contributed by atoms with Gasteiger partial charge in [0.25, 0.3) is 0 Å². The summed E-state index contributed by atoms with van der Waals surface area (Å²) in [4.78, 5) is 4.42. The molecule has 0 bridgehead atoms. The van der Waals surface area contributed by atoms with Gasteiger partial charge in [0.05, 0.1) is 0 Å². The van der Waals surface area contributed by atoms with Crippen LogP contribution in [0, 0.1) is 0 Å². The van der Waals surface area contributed by atoms with Gasteiger partial charge in [-0.1, -0.05) is 0 Å². The highest BCUT2D eigenvalue weighted by Gasteiger charge is 2.06. The van der Waals surface area contributed by atoms with Gasteiger partial charge < -0.3 is 15.2 Å². The van der Waals surface area contributed by atoms with E-state index in [1.54, 1.807) is 12.1 Å². The summed E-state index contributed by atoms with van der Waals surface area (Å²) in [6.07, 6.45) is 4.63. The summed E-state index contributed by atoms with van der Waals surface area (Å²) in [5, 5.41) is 11.5. The quantitative estimate of drug-likeness (QED) is 0.700. The van der Waals surface area contributed by atoms with E-state index in [1.165, 1.54) is 0 Å². The number of imidazole rings is 1. The van der Waals surface area contributed by atoms with Gasteiger partial charge in [-0.3, -0.25) is 0 Å². The van der Waals surface area contributed by atoms with Crippen LogP contribution in [0.15, 0.2) is 36.7 Å². The SMILES string of the molecule is NCCc1cnc2c3ccc(O)cc3ccn12. The lowest BCUT2D eigenvalue weighted by molar-refractivity contribution is 0.476. The first-order chi connectivity index (χ1) is 8.29. The smallest absolute Gasteiger partial charge is 0.144 e. The molecule has 0 radical (unpaired) electrons. The van der Waals surface area contributed by atoms with Crippen LogP contribution in [-0.4, -0.2) is 21.0 Å². The third kappa shape index (κ3) is 1.54. The number of hydrogen-bond donors (Lipinski definition) is 2. The molecule has 0 spiro atoms. The van der Waals surface area contributed by atoms with E-state index in [4.69, 9.17) is 5.73 Å². The van der Waals surface area contributed by atoms with Crippen LogP contribution in [0.2, 0.25) is 0 Å². The van der Waals surface area contributed by atoms with Crippen LogP contribution in [0.4, 0.5) is 0 Å². The number of nitrogens with zero attached hydrogens (tertiary/aromatic N) is 2. The van der Waals surface area contributed by atoms with Gasteiger partial charge in [-0.25, -0.2) is 4.98 Å². The molecule has 0 saturated heterocycles. The third-order valence-electron chi connectivity index (χ3n) is 2.95. The number of phenols is 1. The van der Waals surface area contributed by atoms with Crippen molar-refractivity contribution < 1.29 is 5.11 Å². The molecule has 0 atom stereocenters. The van der Waals surface area contributed by atoms with Crippen molar-refractivity contribution >= 4 is 16.4 Å². The number of hydrogen-bond acceptors (Lipinski definition) is 3. The van der Waals surface area contributed by atoms with E-state index < -0.39 is 0 Å². The molecule has 0 aliphatic carbocycles. The topological polar surface area (TPSA) is 63.5 Å². The number of aromatic nitrogens is 2. The van der Waals surface area contributed by atoms with Gasteiger partial charge in [-0.2, -0.15) is 0 Å². The zero-order valence-corrected chi connectivity index (χ0v) is 9.30. The summed E-state index contributed by atoms with van der Waals surface area (Å²) in [7, 11) is 0. The van der Waals surface area contributed by atoms with E-state index in [9.17, 15) is 5.11 Å². The third-order valence-corrected chi connectivity index (χ3v) is 2.95. The number of rotatable bonds is 2. The van der Waals surface area contributed by atoms with Gasteiger partial charge in [0.1, 0.15) is 11.4 Å². The van der Waals surface area contributed by atoms with E-state index in [0.717, 1.165) is 28.5 Å². The van der Waals surface area contributed by atoms with Crippen LogP contribution in [0.3, 0.4) is 0 Å². The number of aromatic hydroxyl groups is 1. The monoisotopic (exact) mass is 227 g/mol. The summed E-state index contributed by atoms with van der Waals surface area (Å²) < 4.78 is 2.05. The Balaban J connectivity index is 2.33. The Morgan fingerprint density at radius 2 is 2.18 bits per heavy atom. The lowest BCUT2D eigenvalue weighted by Crippen LogP contribution is -2.04. The Kier molecular flexibility index (Phi) is 2.23. The van der Waals surface area contributed by atoms with Gasteiger partial charge >= 0.3 is 0 Å². The van der Waals surface area contributed by atoms with Crippen molar-refractivity contribution in [2.24, 2.45) is 5.73 Å². The summed E-state index contributed by atoms with van der Waals surface area (Å²) in [6, 6.07) is 7.29. The Morgan fingerprint density at radius 1 is 1.29 bits per heavy atom. The molecule has 4 nitrogen and oxygen atoms in total. The van der Waals surface area contributed by atoms with Crippen molar-refractivity contribution in [3.63, 3.8) is 0 Å². The van der Waals surface area contributed by atoms with Crippen molar-refractivity contribution in [1.82, 2.24) is 9.38 Å². The highest BCUT2D eigenvalue weighted by Crippen LogP contribution is 2.23. The summed E-state index contributed by atoms with van der Waals surface area (Å²) in [6.45, 7) is 0.613. The minimum atomic E-state index is 0.274. The predicted molar refractivity (Wildman–Crippen MR) is 67.1 cm³/mol. The maximum absolute atomic E-state index is 9.45. The zero-order chi connectivity index (χ0) is 11.8. The van der Waals surface area contributed by atoms with Gasteiger partial charge in [-0.05, 0) is 36.2 Å². The Labute approximate surface area is 98.3 Å². The van der Waals surface area contributed by atoms with E-state index in [1.807, 2.05) is 28.9 Å². The molecular weight excluding hydrogens is 214 g/mol. The minimum Gasteiger partial charge on any atom is -0.508 e. The van der Waals surface area contributed by atoms with Crippen LogP contribution in [0.25, 0.3) is 16.4 Å². The second kappa shape index (κ2) is 3.75. The van der Waals surface area contributed by atoms with E-state index in [2.05, 4.69) is 4.98 Å². The van der Waals surface area contributed by atoms with Crippen LogP contribution in [0.1, 0.15) is 5.69 Å². The fourth-order valence-electron chi connectivity index (χ4n) is 2.14. The lowest BCUT2D eigenvalue weighted by Gasteiger charge is -2.03. The number of nitrogens with two attached hydrogens (primary N) is 1. The number of pyridine rings is 1. The first kappa shape index (κ1) is 10.1. The maximum Gasteiger partial charge on any atom is 0.144 e. The number of phenolic OH excluding ortho intramolecular Hbond substituents is 1. The number of benzene rings is 1. The predicted octanol–water partition coefficient (Wildman–Crippen LogP) is 1.69. The van der Waals surface area contributed by atoms with Gasteiger partial charge in [0.2, 0.25) is 0 Å². The molecule has 1 aromatic carbocycles. The van der Waals surface area contributed by atoms with Crippen LogP contribution < -0.4 is 5.73 Å². The van der Waals surface area contributed by atoms with Crippen LogP contribution in [-0.2, 0) is 6.42 Å². The molecule has 0 fully saturated rings. The molecule has 0 aliphatic heterocycles. The summed E-state index contributed by atoms with van der Waals surface area (Å²) in [5.41, 5.74) is 7.59. The van der Waals surface area contributed by atoms with Gasteiger partial charge in [-0.15, -0.1) is 0 Å². The van der Waals surface area contributed by atoms with Gasteiger partial charge in [0.15, 0.2) is 0 Å². The van der Waals surface area contributed by atoms with E-state index in [-0.39, 0.29) is 5.75 Å². The number of fused-ring (bicyclic) bond motifs is 3. The summed E-state index contributed by atoms with van der Waals surface area (Å²) >= 11 is 0. The second-order valence-electron chi connectivity index (χ2n) is 4.07. The van der Waals surface area contributed by atoms with Gasteiger partial charge in [0, 0.05) is 29.9 Å². The molecule has 3 N–H and O–H groups in total. The molecule has 0 unspecified atom stereocenters. The first-order valence-corrected chi connectivity index (χ1v) is 5.57. The molecule has 2 heterocycles. The fourth-order valence-corrected chi connectivity index (χ4v) is 2.14. The average molecular weight is 227 g/mol. The van der Waals surface area contributed by atoms with Crippen LogP contribution >= 0.6 is 0 Å². The molecule has 2 aromatic heterocycles. The molecule has 3 aromatic rings. The largest absolute Gasteiger partial charge is 0.508 e. The average Bonchev–Trinajstić information content (AvgIpc) is 2.73. The van der Waals surface area contributed by atoms with Crippen molar-refractivity contribution in [2.45, 2.75) is 6.42 Å². The highest BCUT2D eigenvalue weighted by molar-refractivity contribution is 5.94. The first-order valence-electron chi connectivity index (χ1n) is 5.57. The normalized spacial score (nSPS) is 11.4. The van der Waals surface area contributed by atoms with Crippen molar-refractivity contribution in [2.75, 3.05) is 6.54 Å². The fraction of sp³-hybridized carbons (Fsp3) is 0.154. The van der Waals surface area contributed by atoms with E-state index >= 15 is 0 Å². The standard InChI is InChI=1S/C13H13N3O/c14-5-3-10-8-15-13-12-2-1-11(17)7-9(12)4-6-16(10)13/h1-2,4,6-8,17H,3,5,14H2.